The molecule has 2 aliphatic carbocycles. The minimum Gasteiger partial charge on any atom is -0.224 e. The number of rotatable bonds is 4. The Morgan fingerprint density at radius 1 is 0.833 bits per heavy atom. The number of sulfone groups is 2. The first-order chi connectivity index (χ1) is 19.7. The summed E-state index contributed by atoms with van der Waals surface area (Å²) in [6.45, 7) is 1.64. The highest BCUT2D eigenvalue weighted by Crippen LogP contribution is 2.58. The third-order valence-corrected chi connectivity index (χ3v) is 12.6. The molecule has 0 saturated heterocycles. The van der Waals surface area contributed by atoms with Gasteiger partial charge in [-0.2, -0.15) is 13.2 Å². The van der Waals surface area contributed by atoms with Crippen molar-refractivity contribution in [1.29, 1.82) is 0 Å². The first-order valence-electron chi connectivity index (χ1n) is 13.6. The molecule has 0 amide bonds. The lowest BCUT2D eigenvalue weighted by Gasteiger charge is -2.50. The lowest BCUT2D eigenvalue weighted by atomic mass is 9.61. The van der Waals surface area contributed by atoms with Crippen LogP contribution in [-0.4, -0.2) is 27.8 Å². The van der Waals surface area contributed by atoms with E-state index in [0.717, 1.165) is 46.4 Å². The van der Waals surface area contributed by atoms with E-state index in [1.165, 1.54) is 12.1 Å². The van der Waals surface area contributed by atoms with Crippen LogP contribution in [0.2, 0.25) is 0 Å². The predicted octanol–water partition coefficient (Wildman–Crippen LogP) is 7.80. The third kappa shape index (κ3) is 4.67. The molecule has 218 valence electrons. The van der Waals surface area contributed by atoms with Crippen LogP contribution in [0.5, 0.6) is 0 Å². The molecule has 2 aliphatic rings. The van der Waals surface area contributed by atoms with Gasteiger partial charge in [-0.05, 0) is 89.4 Å². The van der Waals surface area contributed by atoms with Crippen molar-refractivity contribution < 1.29 is 30.0 Å². The Morgan fingerprint density at radius 3 is 2.29 bits per heavy atom. The van der Waals surface area contributed by atoms with Gasteiger partial charge in [0, 0.05) is 12.2 Å². The lowest BCUT2D eigenvalue weighted by Crippen LogP contribution is -2.49. The monoisotopic (exact) mass is 610 g/mol. The Balaban J connectivity index is 1.56. The largest absolute Gasteiger partial charge is 0.416 e. The maximum absolute atomic E-state index is 14.6. The van der Waals surface area contributed by atoms with Gasteiger partial charge in [0.05, 0.1) is 20.1 Å². The van der Waals surface area contributed by atoms with Crippen LogP contribution in [0.15, 0.2) is 101 Å². The summed E-state index contributed by atoms with van der Waals surface area (Å²) in [7, 11) is -7.85. The molecule has 0 aliphatic heterocycles. The van der Waals surface area contributed by atoms with Gasteiger partial charge in [-0.1, -0.05) is 66.7 Å². The summed E-state index contributed by atoms with van der Waals surface area (Å²) >= 11 is 0. The molecule has 1 fully saturated rings. The molecule has 9 heteroatoms. The summed E-state index contributed by atoms with van der Waals surface area (Å²) < 4.78 is 93.4. The Morgan fingerprint density at radius 2 is 1.55 bits per heavy atom. The lowest BCUT2D eigenvalue weighted by molar-refractivity contribution is -0.137. The van der Waals surface area contributed by atoms with Gasteiger partial charge in [-0.3, -0.25) is 0 Å². The van der Waals surface area contributed by atoms with E-state index in [-0.39, 0.29) is 28.0 Å². The second kappa shape index (κ2) is 9.81. The minimum absolute atomic E-state index is 0.111. The predicted molar refractivity (Wildman–Crippen MR) is 158 cm³/mol. The number of hydrogen-bond acceptors (Lipinski definition) is 4. The number of benzene rings is 4. The first-order valence-corrected chi connectivity index (χ1v) is 17.0. The van der Waals surface area contributed by atoms with E-state index in [1.54, 1.807) is 25.1 Å². The van der Waals surface area contributed by atoms with E-state index in [1.807, 2.05) is 48.6 Å². The van der Waals surface area contributed by atoms with Gasteiger partial charge in [-0.15, -0.1) is 0 Å². The fraction of sp³-hybridized carbons (Fsp3) is 0.273. The van der Waals surface area contributed by atoms with Crippen molar-refractivity contribution in [3.8, 4) is 0 Å². The van der Waals surface area contributed by atoms with Crippen molar-refractivity contribution in [3.05, 3.63) is 113 Å². The number of hydrogen-bond donors (Lipinski definition) is 0. The molecule has 1 saturated carbocycles. The molecule has 4 aromatic carbocycles. The molecule has 0 heterocycles. The Kier molecular flexibility index (Phi) is 6.70. The highest BCUT2D eigenvalue weighted by atomic mass is 32.2. The average molecular weight is 611 g/mol. The van der Waals surface area contributed by atoms with Gasteiger partial charge in [0.25, 0.3) is 0 Å². The van der Waals surface area contributed by atoms with E-state index in [0.29, 0.717) is 12.0 Å². The molecule has 0 N–H and O–H groups in total. The summed E-state index contributed by atoms with van der Waals surface area (Å²) in [5, 5.41) is 1.99. The minimum atomic E-state index is -4.70. The second-order valence-corrected chi connectivity index (χ2v) is 16.0. The maximum Gasteiger partial charge on any atom is 0.416 e. The van der Waals surface area contributed by atoms with Crippen LogP contribution in [0, 0.1) is 5.92 Å². The van der Waals surface area contributed by atoms with Gasteiger partial charge < -0.3 is 0 Å². The van der Waals surface area contributed by atoms with Gasteiger partial charge in [0.2, 0.25) is 0 Å². The van der Waals surface area contributed by atoms with Crippen molar-refractivity contribution in [3.63, 3.8) is 0 Å². The second-order valence-electron chi connectivity index (χ2n) is 11.6. The van der Waals surface area contributed by atoms with Crippen LogP contribution in [0.1, 0.15) is 53.9 Å². The third-order valence-electron chi connectivity index (χ3n) is 8.99. The fourth-order valence-corrected chi connectivity index (χ4v) is 9.81. The van der Waals surface area contributed by atoms with Crippen LogP contribution < -0.4 is 0 Å². The summed E-state index contributed by atoms with van der Waals surface area (Å²) in [4.78, 5) is -0.235. The van der Waals surface area contributed by atoms with Gasteiger partial charge in [0.1, 0.15) is 0 Å². The fourth-order valence-electron chi connectivity index (χ4n) is 6.99. The Bertz CT molecular complexity index is 1960. The molecule has 4 unspecified atom stereocenters. The topological polar surface area (TPSA) is 68.3 Å². The first kappa shape index (κ1) is 28.7. The average Bonchev–Trinajstić information content (AvgIpc) is 2.95. The van der Waals surface area contributed by atoms with Crippen LogP contribution in [-0.2, 0) is 25.9 Å². The molecule has 0 bridgehead atoms. The molecular weight excluding hydrogens is 581 g/mol. The quantitative estimate of drug-likeness (QED) is 0.237. The molecule has 6 rings (SSSR count). The molecular formula is C33H29F3O4S2. The van der Waals surface area contributed by atoms with Crippen LogP contribution in [0.4, 0.5) is 13.2 Å². The van der Waals surface area contributed by atoms with E-state index in [4.69, 9.17) is 0 Å². The van der Waals surface area contributed by atoms with Crippen molar-refractivity contribution >= 4 is 36.5 Å². The molecule has 0 radical (unpaired) electrons. The zero-order valence-electron chi connectivity index (χ0n) is 23.0. The number of alkyl halides is 3. The normalized spacial score (nSPS) is 24.3. The number of allylic oxidation sites excluding steroid dienone is 1. The van der Waals surface area contributed by atoms with Gasteiger partial charge in [-0.25, -0.2) is 16.8 Å². The number of halogens is 3. The van der Waals surface area contributed by atoms with Gasteiger partial charge >= 0.3 is 6.18 Å². The number of fused-ring (bicyclic) bond motifs is 5. The Labute approximate surface area is 243 Å². The van der Waals surface area contributed by atoms with E-state index in [9.17, 15) is 30.0 Å². The molecule has 0 aromatic heterocycles. The summed E-state index contributed by atoms with van der Waals surface area (Å²) in [6.07, 6.45) is 1.14. The SMILES string of the molecule is CC1(S(=O)(=O)c2cccc(C(F)(F)F)c2)CC(c2cccc(S(C)(=O)=O)c2)CC2C=Cc3c(ccc4ccccc34)C21. The highest BCUT2D eigenvalue weighted by Gasteiger charge is 2.55. The molecule has 4 atom stereocenters. The molecule has 0 spiro atoms. The smallest absolute Gasteiger partial charge is 0.224 e. The van der Waals surface area contributed by atoms with Crippen molar-refractivity contribution in [2.75, 3.05) is 6.26 Å². The van der Waals surface area contributed by atoms with Crippen LogP contribution >= 0.6 is 0 Å². The van der Waals surface area contributed by atoms with E-state index in [2.05, 4.69) is 0 Å². The zero-order valence-corrected chi connectivity index (χ0v) is 24.6. The maximum atomic E-state index is 14.6. The highest BCUT2D eigenvalue weighted by molar-refractivity contribution is 7.93. The van der Waals surface area contributed by atoms with Crippen LogP contribution in [0.25, 0.3) is 16.8 Å². The van der Waals surface area contributed by atoms with Crippen LogP contribution in [0.3, 0.4) is 0 Å². The standard InChI is InChI=1S/C33H29F3O4S2/c1-32(42(39,40)27-11-6-9-25(19-27)33(34,35)36)20-24(22-8-5-10-26(18-22)41(2,37)38)17-23-14-15-29-28-12-4-3-7-21(28)13-16-30(29)31(23)32/h3-16,18-19,23-24,31H,17,20H2,1-2H3. The molecule has 42 heavy (non-hydrogen) atoms. The molecule has 4 nitrogen and oxygen atoms in total. The van der Waals surface area contributed by atoms with Crippen molar-refractivity contribution in [2.45, 2.75) is 52.3 Å². The van der Waals surface area contributed by atoms with Crippen molar-refractivity contribution in [1.82, 2.24) is 0 Å². The molecule has 4 aromatic rings. The van der Waals surface area contributed by atoms with Gasteiger partial charge in [0.15, 0.2) is 19.7 Å². The summed E-state index contributed by atoms with van der Waals surface area (Å²) in [5.74, 6) is -1.12. The van der Waals surface area contributed by atoms with E-state index >= 15 is 0 Å². The Hall–Kier alpha value is -3.43. The van der Waals surface area contributed by atoms with Crippen molar-refractivity contribution in [2.24, 2.45) is 5.92 Å². The van der Waals surface area contributed by atoms with E-state index < -0.39 is 42.1 Å². The zero-order chi connectivity index (χ0) is 30.1. The summed E-state index contributed by atoms with van der Waals surface area (Å²) in [6, 6.07) is 22.2. The summed E-state index contributed by atoms with van der Waals surface area (Å²) in [5.41, 5.74) is 1.44.